The fraction of sp³-hybridized carbons (Fsp3) is 0.200. The lowest BCUT2D eigenvalue weighted by Gasteiger charge is -2.29. The molecule has 2 aromatic rings. The molecule has 1 fully saturated rings. The van der Waals surface area contributed by atoms with Crippen LogP contribution in [0.25, 0.3) is 6.08 Å². The summed E-state index contributed by atoms with van der Waals surface area (Å²) in [4.78, 5) is 45.1. The summed E-state index contributed by atoms with van der Waals surface area (Å²) >= 11 is 3.26. The van der Waals surface area contributed by atoms with Crippen molar-refractivity contribution in [2.24, 2.45) is 0 Å². The highest BCUT2D eigenvalue weighted by atomic mass is 79.9. The van der Waals surface area contributed by atoms with Gasteiger partial charge < -0.3 is 18.9 Å². The minimum Gasteiger partial charge on any atom is -0.493 e. The standard InChI is InChI=1S/C20H15BrN2O10/c1-20(2)32-18(24)12(19(25)33-20)6-10-7-13(21)17(16(8-10)30-3)31-15-5-4-11(22(26)27)9-14(15)23(28)29/h4-9H,1-3H3. The van der Waals surface area contributed by atoms with Crippen LogP contribution in [0.15, 0.2) is 40.4 Å². The number of nitrogens with zero attached hydrogens (tertiary/aromatic N) is 2. The number of esters is 2. The second-order valence-electron chi connectivity index (χ2n) is 7.04. The Morgan fingerprint density at radius 3 is 2.18 bits per heavy atom. The van der Waals surface area contributed by atoms with Crippen LogP contribution in [0.5, 0.6) is 17.2 Å². The number of cyclic esters (lactones) is 2. The van der Waals surface area contributed by atoms with Gasteiger partial charge in [-0.25, -0.2) is 9.59 Å². The number of nitro groups is 2. The van der Waals surface area contributed by atoms with E-state index in [-0.39, 0.29) is 27.3 Å². The maximum Gasteiger partial charge on any atom is 0.348 e. The molecule has 0 spiro atoms. The van der Waals surface area contributed by atoms with Crippen molar-refractivity contribution in [1.82, 2.24) is 0 Å². The van der Waals surface area contributed by atoms with E-state index in [0.717, 1.165) is 18.2 Å². The van der Waals surface area contributed by atoms with Crippen LogP contribution in [0.1, 0.15) is 19.4 Å². The number of rotatable bonds is 6. The Balaban J connectivity index is 2.00. The van der Waals surface area contributed by atoms with Gasteiger partial charge in [0.25, 0.3) is 11.5 Å². The third-order valence-electron chi connectivity index (χ3n) is 4.24. The molecule has 1 aliphatic rings. The molecule has 33 heavy (non-hydrogen) atoms. The zero-order valence-corrected chi connectivity index (χ0v) is 18.9. The number of hydrogen-bond donors (Lipinski definition) is 0. The lowest BCUT2D eigenvalue weighted by atomic mass is 10.1. The minimum atomic E-state index is -1.39. The summed E-state index contributed by atoms with van der Waals surface area (Å²) in [6.45, 7) is 2.84. The molecule has 0 bridgehead atoms. The molecule has 0 aromatic heterocycles. The van der Waals surface area contributed by atoms with Crippen molar-refractivity contribution in [3.8, 4) is 17.2 Å². The van der Waals surface area contributed by atoms with Gasteiger partial charge >= 0.3 is 17.6 Å². The zero-order chi connectivity index (χ0) is 24.5. The van der Waals surface area contributed by atoms with Gasteiger partial charge in [0, 0.05) is 19.9 Å². The lowest BCUT2D eigenvalue weighted by molar-refractivity contribution is -0.394. The average molecular weight is 523 g/mol. The van der Waals surface area contributed by atoms with Crippen LogP contribution in [0.4, 0.5) is 11.4 Å². The second kappa shape index (κ2) is 8.86. The molecule has 3 rings (SSSR count). The molecular weight excluding hydrogens is 508 g/mol. The fourth-order valence-corrected chi connectivity index (χ4v) is 3.37. The second-order valence-corrected chi connectivity index (χ2v) is 7.89. The molecule has 1 aliphatic heterocycles. The first kappa shape index (κ1) is 23.7. The largest absolute Gasteiger partial charge is 0.493 e. The number of methoxy groups -OCH3 is 1. The van der Waals surface area contributed by atoms with Crippen molar-refractivity contribution >= 4 is 45.3 Å². The van der Waals surface area contributed by atoms with Gasteiger partial charge in [-0.1, -0.05) is 0 Å². The Labute approximate surface area is 194 Å². The highest BCUT2D eigenvalue weighted by molar-refractivity contribution is 9.10. The number of carbonyl (C=O) groups is 2. The molecule has 0 aliphatic carbocycles. The molecule has 0 amide bonds. The van der Waals surface area contributed by atoms with Crippen molar-refractivity contribution in [3.05, 3.63) is 66.2 Å². The first-order valence-corrected chi connectivity index (χ1v) is 9.87. The van der Waals surface area contributed by atoms with E-state index in [2.05, 4.69) is 15.9 Å². The number of non-ortho nitro benzene ring substituents is 1. The van der Waals surface area contributed by atoms with Crippen LogP contribution < -0.4 is 9.47 Å². The van der Waals surface area contributed by atoms with E-state index >= 15 is 0 Å². The van der Waals surface area contributed by atoms with Gasteiger partial charge in [0.15, 0.2) is 11.5 Å². The molecule has 0 unspecified atom stereocenters. The maximum absolute atomic E-state index is 12.2. The van der Waals surface area contributed by atoms with Gasteiger partial charge in [0.05, 0.1) is 27.5 Å². The molecule has 0 N–H and O–H groups in total. The quantitative estimate of drug-likeness (QED) is 0.176. The Hall–Kier alpha value is -4.00. The van der Waals surface area contributed by atoms with E-state index in [1.165, 1.54) is 39.2 Å². The molecular formula is C20H15BrN2O10. The van der Waals surface area contributed by atoms with Crippen molar-refractivity contribution < 1.29 is 38.4 Å². The highest BCUT2D eigenvalue weighted by Crippen LogP contribution is 2.43. The Bertz CT molecular complexity index is 1200. The topological polar surface area (TPSA) is 157 Å². The predicted molar refractivity (Wildman–Crippen MR) is 115 cm³/mol. The van der Waals surface area contributed by atoms with Gasteiger partial charge in [0.1, 0.15) is 5.57 Å². The Morgan fingerprint density at radius 2 is 1.64 bits per heavy atom. The van der Waals surface area contributed by atoms with E-state index in [1.54, 1.807) is 0 Å². The molecule has 0 saturated carbocycles. The molecule has 1 saturated heterocycles. The van der Waals surface area contributed by atoms with Crippen molar-refractivity contribution in [1.29, 1.82) is 0 Å². The van der Waals surface area contributed by atoms with Crippen LogP contribution in [0, 0.1) is 20.2 Å². The van der Waals surface area contributed by atoms with Crippen molar-refractivity contribution in [2.75, 3.05) is 7.11 Å². The van der Waals surface area contributed by atoms with E-state index < -0.39 is 38.9 Å². The highest BCUT2D eigenvalue weighted by Gasteiger charge is 2.39. The number of carbonyl (C=O) groups excluding carboxylic acids is 2. The number of benzene rings is 2. The SMILES string of the molecule is COc1cc(C=C2C(=O)OC(C)(C)OC2=O)cc(Br)c1Oc1ccc([N+](=O)[O-])cc1[N+](=O)[O-]. The fourth-order valence-electron chi connectivity index (χ4n) is 2.83. The molecule has 13 heteroatoms. The van der Waals surface area contributed by atoms with E-state index in [1.807, 2.05) is 0 Å². The van der Waals surface area contributed by atoms with E-state index in [4.69, 9.17) is 18.9 Å². The molecule has 12 nitrogen and oxygen atoms in total. The van der Waals surface area contributed by atoms with Crippen LogP contribution in [-0.2, 0) is 19.1 Å². The summed E-state index contributed by atoms with van der Waals surface area (Å²) < 4.78 is 21.3. The predicted octanol–water partition coefficient (Wildman–Crippen LogP) is 4.29. The van der Waals surface area contributed by atoms with Gasteiger partial charge in [-0.05, 0) is 45.8 Å². The normalized spacial score (nSPS) is 14.7. The van der Waals surface area contributed by atoms with Gasteiger partial charge in [-0.2, -0.15) is 0 Å². The monoisotopic (exact) mass is 522 g/mol. The summed E-state index contributed by atoms with van der Waals surface area (Å²) in [5.74, 6) is -3.28. The zero-order valence-electron chi connectivity index (χ0n) is 17.3. The summed E-state index contributed by atoms with van der Waals surface area (Å²) in [5.41, 5.74) is -1.12. The van der Waals surface area contributed by atoms with Crippen LogP contribution in [0.3, 0.4) is 0 Å². The minimum absolute atomic E-state index is 0.0199. The molecule has 0 atom stereocenters. The Morgan fingerprint density at radius 1 is 1.00 bits per heavy atom. The van der Waals surface area contributed by atoms with Gasteiger partial charge in [0.2, 0.25) is 5.75 Å². The third kappa shape index (κ3) is 5.09. The van der Waals surface area contributed by atoms with Crippen LogP contribution in [0.2, 0.25) is 0 Å². The van der Waals surface area contributed by atoms with Gasteiger partial charge in [-0.15, -0.1) is 0 Å². The summed E-state index contributed by atoms with van der Waals surface area (Å²) in [7, 11) is 1.31. The first-order valence-electron chi connectivity index (χ1n) is 9.08. The van der Waals surface area contributed by atoms with Crippen LogP contribution >= 0.6 is 15.9 Å². The summed E-state index contributed by atoms with van der Waals surface area (Å²) in [6, 6.07) is 5.79. The molecule has 2 aromatic carbocycles. The number of halogens is 1. The maximum atomic E-state index is 12.2. The molecule has 1 heterocycles. The van der Waals surface area contributed by atoms with E-state index in [9.17, 15) is 29.8 Å². The average Bonchev–Trinajstić information content (AvgIpc) is 2.71. The summed E-state index contributed by atoms with van der Waals surface area (Å²) in [6.07, 6.45) is 1.23. The first-order chi connectivity index (χ1) is 15.4. The summed E-state index contributed by atoms with van der Waals surface area (Å²) in [5, 5.41) is 22.3. The smallest absolute Gasteiger partial charge is 0.348 e. The van der Waals surface area contributed by atoms with Crippen molar-refractivity contribution in [2.45, 2.75) is 19.6 Å². The van der Waals surface area contributed by atoms with Crippen molar-refractivity contribution in [3.63, 3.8) is 0 Å². The number of nitro benzene ring substituents is 2. The Kier molecular flexibility index (Phi) is 6.35. The molecule has 172 valence electrons. The van der Waals surface area contributed by atoms with Crippen LogP contribution in [-0.4, -0.2) is 34.7 Å². The number of ether oxygens (including phenoxy) is 4. The number of hydrogen-bond acceptors (Lipinski definition) is 10. The van der Waals surface area contributed by atoms with E-state index in [0.29, 0.717) is 5.56 Å². The third-order valence-corrected chi connectivity index (χ3v) is 4.83. The molecule has 0 radical (unpaired) electrons. The van der Waals surface area contributed by atoms with Gasteiger partial charge in [-0.3, -0.25) is 20.2 Å². The lowest BCUT2D eigenvalue weighted by Crippen LogP contribution is -2.41.